The lowest BCUT2D eigenvalue weighted by Crippen LogP contribution is -2.70. The Kier molecular flexibility index (Phi) is 21.0. The van der Waals surface area contributed by atoms with Crippen LogP contribution < -0.4 is 5.32 Å². The smallest absolute Gasteiger partial charge is 0.217 e. The van der Waals surface area contributed by atoms with Gasteiger partial charge in [0.05, 0.1) is 39.1 Å². The summed E-state index contributed by atoms with van der Waals surface area (Å²) in [6.45, 7) is -0.770. The van der Waals surface area contributed by atoms with Gasteiger partial charge < -0.3 is 149 Å². The first-order valence-electron chi connectivity index (χ1n) is 23.0. The molecule has 30 atom stereocenters. The minimum absolute atomic E-state index is 0.0558. The Labute approximate surface area is 404 Å². The normalized spacial score (nSPS) is 50.9. The molecule has 31 heteroatoms. The number of nitrogens with one attached hydrogen (secondary N) is 1. The van der Waals surface area contributed by atoms with E-state index < -0.39 is 223 Å². The molecule has 0 aromatic rings. The van der Waals surface area contributed by atoms with Crippen molar-refractivity contribution in [3.8, 4) is 0 Å². The van der Waals surface area contributed by atoms with Crippen molar-refractivity contribution in [3.63, 3.8) is 0 Å². The highest BCUT2D eigenvalue weighted by atomic mass is 16.8. The van der Waals surface area contributed by atoms with Crippen LogP contribution in [-0.4, -0.2) is 317 Å². The van der Waals surface area contributed by atoms with Crippen molar-refractivity contribution < 1.29 is 148 Å². The molecule has 71 heavy (non-hydrogen) atoms. The van der Waals surface area contributed by atoms with Gasteiger partial charge in [-0.2, -0.15) is 0 Å². The van der Waals surface area contributed by atoms with E-state index in [9.17, 15) is 91.6 Å². The molecule has 0 saturated carbocycles. The van der Waals surface area contributed by atoms with Gasteiger partial charge in [-0.1, -0.05) is 0 Å². The lowest BCUT2D eigenvalue weighted by atomic mass is 9.94. The first-order chi connectivity index (χ1) is 33.7. The van der Waals surface area contributed by atoms with Crippen LogP contribution in [-0.2, 0) is 61.6 Å². The van der Waals surface area contributed by atoms with Gasteiger partial charge in [0.15, 0.2) is 37.7 Å². The van der Waals surface area contributed by atoms with Crippen molar-refractivity contribution in [2.45, 2.75) is 205 Å². The summed E-state index contributed by atoms with van der Waals surface area (Å²) in [5, 5.41) is 185. The summed E-state index contributed by atoms with van der Waals surface area (Å²) in [6.07, 6.45) is -52.9. The van der Waals surface area contributed by atoms with Crippen molar-refractivity contribution in [1.82, 2.24) is 5.32 Å². The summed E-state index contributed by atoms with van der Waals surface area (Å²) in [5.41, 5.74) is 0. The first kappa shape index (κ1) is 58.6. The zero-order chi connectivity index (χ0) is 52.3. The zero-order valence-corrected chi connectivity index (χ0v) is 38.5. The van der Waals surface area contributed by atoms with E-state index in [1.165, 1.54) is 6.92 Å². The molecular weight excluding hydrogens is 974 g/mol. The second-order valence-electron chi connectivity index (χ2n) is 17.9. The Balaban J connectivity index is 1.23. The molecule has 31 nitrogen and oxygen atoms in total. The summed E-state index contributed by atoms with van der Waals surface area (Å²) in [4.78, 5) is 12.8. The topological polar surface area (TPSA) is 484 Å². The number of aliphatic hydroxyl groups excluding tert-OH is 17. The van der Waals surface area contributed by atoms with Gasteiger partial charge in [-0.3, -0.25) is 4.79 Å². The maximum Gasteiger partial charge on any atom is 0.217 e. The molecule has 414 valence electrons. The molecule has 6 saturated heterocycles. The van der Waals surface area contributed by atoms with E-state index in [0.29, 0.717) is 0 Å². The van der Waals surface area contributed by atoms with Gasteiger partial charge in [-0.15, -0.1) is 0 Å². The molecule has 18 N–H and O–H groups in total. The largest absolute Gasteiger partial charge is 0.394 e. The number of hydrogen-bond donors (Lipinski definition) is 18. The van der Waals surface area contributed by atoms with Crippen molar-refractivity contribution in [1.29, 1.82) is 0 Å². The fourth-order valence-corrected chi connectivity index (χ4v) is 9.13. The van der Waals surface area contributed by atoms with Gasteiger partial charge in [0.2, 0.25) is 5.91 Å². The van der Waals surface area contributed by atoms with Crippen LogP contribution in [0.5, 0.6) is 0 Å². The van der Waals surface area contributed by atoms with Crippen molar-refractivity contribution in [2.75, 3.05) is 39.6 Å². The molecule has 0 spiro atoms. The fraction of sp³-hybridized carbons (Fsp3) is 0.975. The van der Waals surface area contributed by atoms with Crippen LogP contribution in [0.3, 0.4) is 0 Å². The third-order valence-corrected chi connectivity index (χ3v) is 13.1. The number of rotatable bonds is 18. The van der Waals surface area contributed by atoms with E-state index >= 15 is 0 Å². The second kappa shape index (κ2) is 25.4. The average Bonchev–Trinajstić information content (AvgIpc) is 3.34. The number of hydrogen-bond acceptors (Lipinski definition) is 30. The number of carbonyl (C=O) groups excluding carboxylic acids is 1. The highest BCUT2D eigenvalue weighted by molar-refractivity contribution is 5.73. The van der Waals surface area contributed by atoms with E-state index in [4.69, 9.17) is 56.8 Å². The van der Waals surface area contributed by atoms with E-state index in [0.717, 1.165) is 6.92 Å². The Bertz CT molecular complexity index is 1640. The maximum absolute atomic E-state index is 12.8. The predicted octanol–water partition coefficient (Wildman–Crippen LogP) is -11.9. The molecular formula is C40H69NO30. The van der Waals surface area contributed by atoms with Crippen LogP contribution in [0.4, 0.5) is 0 Å². The molecule has 6 rings (SSSR count). The first-order valence-corrected chi connectivity index (χ1v) is 23.0. The Morgan fingerprint density at radius 2 is 0.775 bits per heavy atom. The molecule has 0 aromatic heterocycles. The highest BCUT2D eigenvalue weighted by Gasteiger charge is 2.58. The van der Waals surface area contributed by atoms with E-state index in [1.807, 2.05) is 0 Å². The van der Waals surface area contributed by atoms with Gasteiger partial charge in [0.1, 0.15) is 140 Å². The van der Waals surface area contributed by atoms with Crippen LogP contribution in [0.15, 0.2) is 0 Å². The number of aliphatic hydroxyl groups is 17. The predicted molar refractivity (Wildman–Crippen MR) is 219 cm³/mol. The lowest BCUT2D eigenvalue weighted by Gasteiger charge is -2.51. The summed E-state index contributed by atoms with van der Waals surface area (Å²) >= 11 is 0. The molecule has 6 aliphatic rings. The Hall–Kier alpha value is -1.69. The summed E-state index contributed by atoms with van der Waals surface area (Å²) < 4.78 is 68.5. The molecule has 0 radical (unpaired) electrons. The molecule has 0 aliphatic carbocycles. The molecule has 6 fully saturated rings. The van der Waals surface area contributed by atoms with Crippen LogP contribution in [0.2, 0.25) is 0 Å². The van der Waals surface area contributed by atoms with Gasteiger partial charge in [0, 0.05) is 13.5 Å². The molecule has 6 heterocycles. The Morgan fingerprint density at radius 1 is 0.394 bits per heavy atom. The van der Waals surface area contributed by atoms with Gasteiger partial charge in [0.25, 0.3) is 0 Å². The van der Waals surface area contributed by atoms with Crippen molar-refractivity contribution in [3.05, 3.63) is 0 Å². The van der Waals surface area contributed by atoms with Crippen molar-refractivity contribution >= 4 is 5.91 Å². The lowest BCUT2D eigenvalue weighted by molar-refractivity contribution is -0.393. The fourth-order valence-electron chi connectivity index (χ4n) is 9.13. The van der Waals surface area contributed by atoms with Gasteiger partial charge in [-0.25, -0.2) is 0 Å². The average molecular weight is 1040 g/mol. The van der Waals surface area contributed by atoms with Crippen LogP contribution in [0.25, 0.3) is 0 Å². The maximum atomic E-state index is 12.8. The summed E-state index contributed by atoms with van der Waals surface area (Å²) in [6, 6.07) is -1.78. The van der Waals surface area contributed by atoms with Crippen LogP contribution in [0, 0.1) is 0 Å². The van der Waals surface area contributed by atoms with Gasteiger partial charge in [-0.05, 0) is 13.8 Å². The summed E-state index contributed by atoms with van der Waals surface area (Å²) in [5.74, 6) is -0.857. The molecule has 0 bridgehead atoms. The zero-order valence-electron chi connectivity index (χ0n) is 38.5. The summed E-state index contributed by atoms with van der Waals surface area (Å²) in [7, 11) is 0. The monoisotopic (exact) mass is 1040 g/mol. The number of ether oxygens (including phenoxy) is 12. The van der Waals surface area contributed by atoms with Crippen LogP contribution in [0.1, 0.15) is 20.8 Å². The van der Waals surface area contributed by atoms with Crippen LogP contribution >= 0.6 is 0 Å². The molecule has 6 aliphatic heterocycles. The standard InChI is InChI=1S/C40H69NO30/c1-4-60-36-27(57)24(54)30(15(8-45)65-36)67-38-28(58)25(55)31(16(9-46)66-38)68-39-29(59)33(21(51)14(7-44)63-39)70-35-17(41-11(3)47)32(20(50)13(6-43)62-35)69-40-34(23(53)19(49)12(5-42)64-40)71-37-26(56)22(52)18(48)10(2)61-37/h10,12-40,42-46,48-59H,4-9H2,1-3H3,(H,41,47)/t10?,12?,13?,14?,15?,16?,17-,18+,19-,20-,21-,22?,23?,24?,25?,26-,27-,28-,29?,30+,31-,32?,33-,34-,35-,36+,37-,38-,39+,40-/m0/s1. The van der Waals surface area contributed by atoms with E-state index in [1.54, 1.807) is 6.92 Å². The van der Waals surface area contributed by atoms with Crippen molar-refractivity contribution in [2.24, 2.45) is 0 Å². The number of carbonyl (C=O) groups is 1. The third-order valence-electron chi connectivity index (χ3n) is 13.1. The minimum atomic E-state index is -2.20. The molecule has 0 aromatic carbocycles. The number of amides is 1. The van der Waals surface area contributed by atoms with Gasteiger partial charge >= 0.3 is 0 Å². The van der Waals surface area contributed by atoms with E-state index in [-0.39, 0.29) is 6.61 Å². The quantitative estimate of drug-likeness (QED) is 0.0606. The molecule has 12 unspecified atom stereocenters. The SMILES string of the molecule is CCO[C@@H]1OC(CO)[C@@H](O[C@@H]2OC(CO)[C@H](O[C@H]3OC(CO)[C@H](O)[C@H](O[C@@H]4OC(CO)[C@H](O)C(O[C@@H]5OC(CO)[C@H](O)C(O)[C@@H]5O[C@@H]5OC(C)[C@@H](O)C(O)[C@@H]5O)[C@@H]4NC(C)=O)C3O)C(O)[C@@H]2O)C(O)[C@@H]1O. The van der Waals surface area contributed by atoms with E-state index in [2.05, 4.69) is 5.32 Å². The third kappa shape index (κ3) is 12.5. The second-order valence-corrected chi connectivity index (χ2v) is 17.9. The molecule has 1 amide bonds. The minimum Gasteiger partial charge on any atom is -0.394 e. The Morgan fingerprint density at radius 3 is 1.31 bits per heavy atom. The highest BCUT2D eigenvalue weighted by Crippen LogP contribution is 2.37.